The van der Waals surface area contributed by atoms with Crippen molar-refractivity contribution in [2.45, 2.75) is 5.16 Å². The second-order valence-corrected chi connectivity index (χ2v) is 5.92. The number of pyridine rings is 1. The van der Waals surface area contributed by atoms with E-state index < -0.39 is 0 Å². The molecule has 0 fully saturated rings. The minimum Gasteiger partial charge on any atom is -0.282 e. The Hall–Kier alpha value is -2.45. The van der Waals surface area contributed by atoms with Crippen LogP contribution in [0, 0.1) is 0 Å². The zero-order chi connectivity index (χ0) is 16.0. The van der Waals surface area contributed by atoms with Gasteiger partial charge in [-0.15, -0.1) is 15.3 Å². The van der Waals surface area contributed by atoms with Crippen LogP contribution in [-0.2, 0) is 0 Å². The zero-order valence-electron chi connectivity index (χ0n) is 11.8. The maximum Gasteiger partial charge on any atom is 0.285 e. The fraction of sp³-hybridized carbons (Fsp3) is 0.0714. The van der Waals surface area contributed by atoms with Crippen LogP contribution in [0.25, 0.3) is 22.5 Å². The molecule has 0 spiro atoms. The van der Waals surface area contributed by atoms with Crippen molar-refractivity contribution in [3.05, 3.63) is 51.9 Å². The molecule has 0 aliphatic rings. The topological polar surface area (TPSA) is 78.0 Å². The number of thioether (sulfide) groups is 1. The summed E-state index contributed by atoms with van der Waals surface area (Å²) in [5, 5.41) is 13.5. The molecule has 0 aliphatic carbocycles. The second kappa shape index (κ2) is 5.32. The summed E-state index contributed by atoms with van der Waals surface area (Å²) >= 11 is 7.29. The van der Waals surface area contributed by atoms with Gasteiger partial charge in [-0.05, 0) is 36.6 Å². The first-order valence-corrected chi connectivity index (χ1v) is 8.22. The number of hydrogen-bond acceptors (Lipinski definition) is 6. The summed E-state index contributed by atoms with van der Waals surface area (Å²) in [5.41, 5.74) is 1.22. The molecule has 114 valence electrons. The molecule has 0 saturated heterocycles. The van der Waals surface area contributed by atoms with E-state index in [4.69, 9.17) is 11.6 Å². The van der Waals surface area contributed by atoms with Crippen molar-refractivity contribution in [2.24, 2.45) is 0 Å². The Kier molecular flexibility index (Phi) is 3.28. The minimum absolute atomic E-state index is 0.229. The fourth-order valence-electron chi connectivity index (χ4n) is 2.28. The van der Waals surface area contributed by atoms with Crippen LogP contribution < -0.4 is 5.56 Å². The Morgan fingerprint density at radius 2 is 1.91 bits per heavy atom. The molecule has 0 atom stereocenters. The quantitative estimate of drug-likeness (QED) is 0.519. The minimum atomic E-state index is -0.277. The van der Waals surface area contributed by atoms with Gasteiger partial charge < -0.3 is 0 Å². The molecule has 4 rings (SSSR count). The Balaban J connectivity index is 2.00. The first-order chi connectivity index (χ1) is 11.2. The van der Waals surface area contributed by atoms with Gasteiger partial charge in [0, 0.05) is 16.9 Å². The van der Waals surface area contributed by atoms with Crippen LogP contribution in [0.1, 0.15) is 0 Å². The third-order valence-corrected chi connectivity index (χ3v) is 4.16. The molecular weight excluding hydrogens is 336 g/mol. The molecule has 7 nitrogen and oxygen atoms in total. The molecular formula is C14H9ClN6OS. The number of hydrogen-bond donors (Lipinski definition) is 0. The van der Waals surface area contributed by atoms with Gasteiger partial charge in [0.05, 0.1) is 0 Å². The van der Waals surface area contributed by atoms with E-state index in [0.717, 1.165) is 0 Å². The standard InChI is InChI=1S/C14H9ClN6OS/c1-23-14-16-13-18-17-11-10(21(13)19-14)6-7-20(12(11)22)9-4-2-8(15)3-5-9/h2-7H,1H3. The molecule has 9 heteroatoms. The Bertz CT molecular complexity index is 1090. The monoisotopic (exact) mass is 344 g/mol. The van der Waals surface area contributed by atoms with Gasteiger partial charge in [-0.2, -0.15) is 9.50 Å². The van der Waals surface area contributed by atoms with E-state index in [2.05, 4.69) is 20.3 Å². The summed E-state index contributed by atoms with van der Waals surface area (Å²) in [4.78, 5) is 16.9. The van der Waals surface area contributed by atoms with Crippen molar-refractivity contribution in [3.63, 3.8) is 0 Å². The summed E-state index contributed by atoms with van der Waals surface area (Å²) in [6, 6.07) is 8.76. The van der Waals surface area contributed by atoms with Crippen LogP contribution in [0.2, 0.25) is 5.02 Å². The van der Waals surface area contributed by atoms with E-state index in [1.54, 1.807) is 36.5 Å². The van der Waals surface area contributed by atoms with E-state index in [1.807, 2.05) is 6.26 Å². The predicted molar refractivity (Wildman–Crippen MR) is 88.5 cm³/mol. The summed E-state index contributed by atoms with van der Waals surface area (Å²) in [5.74, 6) is 0.366. The van der Waals surface area contributed by atoms with Gasteiger partial charge in [0.25, 0.3) is 11.3 Å². The van der Waals surface area contributed by atoms with E-state index in [1.165, 1.54) is 20.8 Å². The lowest BCUT2D eigenvalue weighted by molar-refractivity contribution is 0.885. The van der Waals surface area contributed by atoms with Crippen LogP contribution in [0.3, 0.4) is 0 Å². The largest absolute Gasteiger partial charge is 0.285 e. The van der Waals surface area contributed by atoms with Gasteiger partial charge in [0.1, 0.15) is 5.52 Å². The van der Waals surface area contributed by atoms with E-state index in [-0.39, 0.29) is 11.1 Å². The maximum absolute atomic E-state index is 12.7. The molecule has 0 N–H and O–H groups in total. The summed E-state index contributed by atoms with van der Waals surface area (Å²) in [7, 11) is 0. The molecule has 0 aliphatic heterocycles. The molecule has 0 saturated carbocycles. The predicted octanol–water partition coefficient (Wildman–Crippen LogP) is 2.20. The molecule has 23 heavy (non-hydrogen) atoms. The molecule has 3 aromatic heterocycles. The van der Waals surface area contributed by atoms with Crippen molar-refractivity contribution in [2.75, 3.05) is 6.26 Å². The molecule has 0 radical (unpaired) electrons. The average Bonchev–Trinajstić information content (AvgIpc) is 3.00. The van der Waals surface area contributed by atoms with Crippen LogP contribution in [0.4, 0.5) is 0 Å². The van der Waals surface area contributed by atoms with Gasteiger partial charge in [-0.1, -0.05) is 23.4 Å². The maximum atomic E-state index is 12.7. The lowest BCUT2D eigenvalue weighted by Gasteiger charge is -2.06. The summed E-state index contributed by atoms with van der Waals surface area (Å²) in [6.07, 6.45) is 3.55. The first kappa shape index (κ1) is 14.2. The number of benzene rings is 1. The highest BCUT2D eigenvalue weighted by Crippen LogP contribution is 2.15. The lowest BCUT2D eigenvalue weighted by atomic mass is 10.3. The third kappa shape index (κ3) is 2.27. The normalized spacial score (nSPS) is 11.4. The summed E-state index contributed by atoms with van der Waals surface area (Å²) < 4.78 is 3.02. The first-order valence-electron chi connectivity index (χ1n) is 6.62. The molecule has 3 heterocycles. The number of halogens is 1. The third-order valence-electron chi connectivity index (χ3n) is 3.37. The molecule has 0 amide bonds. The highest BCUT2D eigenvalue weighted by Gasteiger charge is 2.13. The number of aromatic nitrogens is 6. The number of nitrogens with zero attached hydrogens (tertiary/aromatic N) is 6. The van der Waals surface area contributed by atoms with Crippen LogP contribution in [0.5, 0.6) is 0 Å². The number of fused-ring (bicyclic) bond motifs is 3. The molecule has 1 aromatic carbocycles. The van der Waals surface area contributed by atoms with Crippen molar-refractivity contribution < 1.29 is 0 Å². The average molecular weight is 345 g/mol. The van der Waals surface area contributed by atoms with Crippen molar-refractivity contribution in [1.82, 2.24) is 29.4 Å². The van der Waals surface area contributed by atoms with Gasteiger partial charge >= 0.3 is 0 Å². The van der Waals surface area contributed by atoms with Crippen molar-refractivity contribution in [1.29, 1.82) is 0 Å². The highest BCUT2D eigenvalue weighted by molar-refractivity contribution is 7.98. The highest BCUT2D eigenvalue weighted by atomic mass is 35.5. The van der Waals surface area contributed by atoms with E-state index >= 15 is 0 Å². The van der Waals surface area contributed by atoms with Gasteiger partial charge in [0.2, 0.25) is 5.16 Å². The number of rotatable bonds is 2. The van der Waals surface area contributed by atoms with Gasteiger partial charge in [0.15, 0.2) is 5.52 Å². The van der Waals surface area contributed by atoms with Gasteiger partial charge in [-0.25, -0.2) is 0 Å². The smallest absolute Gasteiger partial charge is 0.282 e. The molecule has 0 unspecified atom stereocenters. The Labute approximate surface area is 138 Å². The second-order valence-electron chi connectivity index (χ2n) is 4.71. The van der Waals surface area contributed by atoms with Crippen molar-refractivity contribution >= 4 is 40.2 Å². The fourth-order valence-corrected chi connectivity index (χ4v) is 2.74. The van der Waals surface area contributed by atoms with Crippen molar-refractivity contribution in [3.8, 4) is 5.69 Å². The zero-order valence-corrected chi connectivity index (χ0v) is 13.4. The van der Waals surface area contributed by atoms with E-state index in [9.17, 15) is 4.79 Å². The van der Waals surface area contributed by atoms with Crippen LogP contribution >= 0.6 is 23.4 Å². The van der Waals surface area contributed by atoms with Gasteiger partial charge in [-0.3, -0.25) is 9.36 Å². The Morgan fingerprint density at radius 3 is 2.65 bits per heavy atom. The summed E-state index contributed by atoms with van der Waals surface area (Å²) in [6.45, 7) is 0. The van der Waals surface area contributed by atoms with Crippen LogP contribution in [-0.4, -0.2) is 35.6 Å². The Morgan fingerprint density at radius 1 is 1.13 bits per heavy atom. The van der Waals surface area contributed by atoms with Crippen LogP contribution in [0.15, 0.2) is 46.5 Å². The SMILES string of the molecule is CSc1nc2nnc3c(=O)n(-c4ccc(Cl)cc4)ccc3n2n1. The van der Waals surface area contributed by atoms with E-state index in [0.29, 0.717) is 27.2 Å². The molecule has 4 aromatic rings. The molecule has 0 bridgehead atoms. The lowest BCUT2D eigenvalue weighted by Crippen LogP contribution is -2.20.